The van der Waals surface area contributed by atoms with Gasteiger partial charge in [0.1, 0.15) is 17.1 Å². The van der Waals surface area contributed by atoms with Gasteiger partial charge in [-0.2, -0.15) is 13.2 Å². The maximum Gasteiger partial charge on any atom is 0.416 e. The minimum atomic E-state index is -4.60. The summed E-state index contributed by atoms with van der Waals surface area (Å²) in [5.74, 6) is -1.54. The molecule has 3 aromatic rings. The zero-order chi connectivity index (χ0) is 20.5. The molecule has 0 radical (unpaired) electrons. The quantitative estimate of drug-likeness (QED) is 0.638. The molecule has 8 heteroatoms. The molecule has 0 atom stereocenters. The lowest BCUT2D eigenvalue weighted by Gasteiger charge is -2.12. The number of aryl methyl sites for hydroxylation is 1. The lowest BCUT2D eigenvalue weighted by atomic mass is 10.0. The minimum Gasteiger partial charge on any atom is -0.460 e. The lowest BCUT2D eigenvalue weighted by Crippen LogP contribution is -2.22. The van der Waals surface area contributed by atoms with Crippen molar-refractivity contribution in [3.63, 3.8) is 0 Å². The number of rotatable bonds is 3. The largest absolute Gasteiger partial charge is 0.460 e. The molecular formula is C20H13F4NO3. The van der Waals surface area contributed by atoms with E-state index in [4.69, 9.17) is 4.42 Å². The van der Waals surface area contributed by atoms with E-state index in [1.54, 1.807) is 0 Å². The molecule has 2 aromatic carbocycles. The second-order valence-corrected chi connectivity index (χ2v) is 5.97. The lowest BCUT2D eigenvalue weighted by molar-refractivity contribution is -0.137. The highest BCUT2D eigenvalue weighted by atomic mass is 19.4. The van der Waals surface area contributed by atoms with Crippen LogP contribution in [0.3, 0.4) is 0 Å². The van der Waals surface area contributed by atoms with Crippen LogP contribution in [0.15, 0.2) is 63.8 Å². The van der Waals surface area contributed by atoms with Gasteiger partial charge in [0.15, 0.2) is 11.2 Å². The van der Waals surface area contributed by atoms with Crippen LogP contribution in [-0.2, 0) is 6.18 Å². The number of alkyl halides is 3. The molecule has 0 saturated heterocycles. The Morgan fingerprint density at radius 1 is 1.04 bits per heavy atom. The van der Waals surface area contributed by atoms with Crippen LogP contribution in [0.1, 0.15) is 21.7 Å². The van der Waals surface area contributed by atoms with Crippen LogP contribution < -0.4 is 10.7 Å². The van der Waals surface area contributed by atoms with Crippen LogP contribution in [0.2, 0.25) is 0 Å². The van der Waals surface area contributed by atoms with Gasteiger partial charge in [-0.1, -0.05) is 12.1 Å². The molecule has 0 unspecified atom stereocenters. The monoisotopic (exact) mass is 391 g/mol. The number of carbonyl (C=O) groups excluding carboxylic acids is 1. The molecule has 0 bridgehead atoms. The van der Waals surface area contributed by atoms with Gasteiger partial charge in [0.2, 0.25) is 0 Å². The Hall–Kier alpha value is -3.42. The molecule has 4 nitrogen and oxygen atoms in total. The molecule has 0 aliphatic rings. The summed E-state index contributed by atoms with van der Waals surface area (Å²) in [5, 5.41) is 2.41. The predicted octanol–water partition coefficient (Wildman–Crippen LogP) is 5.03. The van der Waals surface area contributed by atoms with Gasteiger partial charge in [0.05, 0.1) is 5.56 Å². The first-order chi connectivity index (χ1) is 13.1. The van der Waals surface area contributed by atoms with E-state index < -0.39 is 34.5 Å². The summed E-state index contributed by atoms with van der Waals surface area (Å²) >= 11 is 0. The molecule has 3 rings (SSSR count). The Bertz CT molecular complexity index is 1090. The average molecular weight is 391 g/mol. The molecule has 144 valence electrons. The van der Waals surface area contributed by atoms with Crippen LogP contribution in [0.5, 0.6) is 0 Å². The Labute approximate surface area is 156 Å². The molecule has 28 heavy (non-hydrogen) atoms. The Morgan fingerprint density at radius 2 is 1.71 bits per heavy atom. The highest BCUT2D eigenvalue weighted by Crippen LogP contribution is 2.33. The van der Waals surface area contributed by atoms with Crippen LogP contribution in [0, 0.1) is 12.7 Å². The Kier molecular flexibility index (Phi) is 5.04. The first-order valence-corrected chi connectivity index (χ1v) is 8.04. The molecule has 0 aliphatic heterocycles. The van der Waals surface area contributed by atoms with Crippen LogP contribution >= 0.6 is 0 Å². The van der Waals surface area contributed by atoms with E-state index in [2.05, 4.69) is 5.32 Å². The second kappa shape index (κ2) is 7.30. The summed E-state index contributed by atoms with van der Waals surface area (Å²) in [6.07, 6.45) is -4.60. The van der Waals surface area contributed by atoms with Crippen molar-refractivity contribution in [1.82, 2.24) is 0 Å². The number of amides is 1. The number of halogens is 4. The van der Waals surface area contributed by atoms with Gasteiger partial charge in [-0.05, 0) is 43.3 Å². The molecule has 1 heterocycles. The van der Waals surface area contributed by atoms with E-state index in [-0.39, 0.29) is 22.8 Å². The fourth-order valence-electron chi connectivity index (χ4n) is 2.59. The van der Waals surface area contributed by atoms with E-state index >= 15 is 0 Å². The van der Waals surface area contributed by atoms with Crippen molar-refractivity contribution in [3.8, 4) is 11.3 Å². The number of nitrogens with one attached hydrogen (secondary N) is 1. The number of benzene rings is 2. The SMILES string of the molecule is Cc1cc(=O)c(C(=O)Nc2ccc(F)cc2)c(-c2cccc(C(F)(F)F)c2)o1. The number of anilines is 1. The van der Waals surface area contributed by atoms with E-state index in [0.29, 0.717) is 0 Å². The van der Waals surface area contributed by atoms with Gasteiger partial charge in [0, 0.05) is 17.3 Å². The molecule has 1 amide bonds. The van der Waals surface area contributed by atoms with Gasteiger partial charge in [-0.15, -0.1) is 0 Å². The normalized spacial score (nSPS) is 11.3. The third kappa shape index (κ3) is 4.11. The maximum absolute atomic E-state index is 13.0. The standard InChI is InChI=1S/C20H13F4NO3/c1-11-9-16(26)17(19(27)25-15-7-5-14(21)6-8-15)18(28-11)12-3-2-4-13(10-12)20(22,23)24/h2-10H,1H3,(H,25,27). The van der Waals surface area contributed by atoms with Gasteiger partial charge in [0.25, 0.3) is 5.91 Å². The van der Waals surface area contributed by atoms with Crippen molar-refractivity contribution in [3.05, 3.63) is 87.5 Å². The zero-order valence-corrected chi connectivity index (χ0v) is 14.4. The summed E-state index contributed by atoms with van der Waals surface area (Å²) in [4.78, 5) is 25.0. The van der Waals surface area contributed by atoms with Crippen LogP contribution in [-0.4, -0.2) is 5.91 Å². The van der Waals surface area contributed by atoms with Crippen molar-refractivity contribution in [1.29, 1.82) is 0 Å². The van der Waals surface area contributed by atoms with Crippen molar-refractivity contribution in [2.75, 3.05) is 5.32 Å². The third-order valence-corrected chi connectivity index (χ3v) is 3.85. The Balaban J connectivity index is 2.09. The van der Waals surface area contributed by atoms with Gasteiger partial charge in [-0.3, -0.25) is 9.59 Å². The molecule has 1 N–H and O–H groups in total. The van der Waals surface area contributed by atoms with Crippen molar-refractivity contribution >= 4 is 11.6 Å². The topological polar surface area (TPSA) is 59.3 Å². The fraction of sp³-hybridized carbons (Fsp3) is 0.100. The van der Waals surface area contributed by atoms with E-state index in [1.807, 2.05) is 0 Å². The molecule has 0 aliphatic carbocycles. The summed E-state index contributed by atoms with van der Waals surface area (Å²) in [6.45, 7) is 1.44. The number of hydrogen-bond acceptors (Lipinski definition) is 3. The molecule has 0 fully saturated rings. The van der Waals surface area contributed by atoms with Gasteiger partial charge in [-0.25, -0.2) is 4.39 Å². The summed E-state index contributed by atoms with van der Waals surface area (Å²) in [5.41, 5.74) is -1.97. The van der Waals surface area contributed by atoms with Gasteiger partial charge < -0.3 is 9.73 Å². The van der Waals surface area contributed by atoms with Crippen molar-refractivity contribution < 1.29 is 26.8 Å². The van der Waals surface area contributed by atoms with E-state index in [0.717, 1.165) is 36.4 Å². The maximum atomic E-state index is 13.0. The van der Waals surface area contributed by atoms with E-state index in [1.165, 1.54) is 25.1 Å². The average Bonchev–Trinajstić information content (AvgIpc) is 2.62. The van der Waals surface area contributed by atoms with Crippen LogP contribution in [0.4, 0.5) is 23.2 Å². The predicted molar refractivity (Wildman–Crippen MR) is 94.5 cm³/mol. The molecule has 0 spiro atoms. The van der Waals surface area contributed by atoms with E-state index in [9.17, 15) is 27.2 Å². The van der Waals surface area contributed by atoms with Crippen LogP contribution in [0.25, 0.3) is 11.3 Å². The Morgan fingerprint density at radius 3 is 2.36 bits per heavy atom. The molecule has 0 saturated carbocycles. The fourth-order valence-corrected chi connectivity index (χ4v) is 2.59. The number of hydrogen-bond donors (Lipinski definition) is 1. The smallest absolute Gasteiger partial charge is 0.416 e. The van der Waals surface area contributed by atoms with Crippen molar-refractivity contribution in [2.45, 2.75) is 13.1 Å². The zero-order valence-electron chi connectivity index (χ0n) is 14.4. The number of carbonyl (C=O) groups is 1. The van der Waals surface area contributed by atoms with Gasteiger partial charge >= 0.3 is 6.18 Å². The summed E-state index contributed by atoms with van der Waals surface area (Å²) in [7, 11) is 0. The first-order valence-electron chi connectivity index (χ1n) is 8.04. The first kappa shape index (κ1) is 19.3. The third-order valence-electron chi connectivity index (χ3n) is 3.85. The summed E-state index contributed by atoms with van der Waals surface area (Å²) in [6, 6.07) is 9.99. The molecular weight excluding hydrogens is 378 g/mol. The second-order valence-electron chi connectivity index (χ2n) is 5.97. The van der Waals surface area contributed by atoms with Crippen molar-refractivity contribution in [2.24, 2.45) is 0 Å². The molecule has 1 aromatic heterocycles. The summed E-state index contributed by atoms with van der Waals surface area (Å²) < 4.78 is 57.5. The minimum absolute atomic E-state index is 0.0696. The highest BCUT2D eigenvalue weighted by Gasteiger charge is 2.31. The highest BCUT2D eigenvalue weighted by molar-refractivity contribution is 6.07.